The average Bonchev–Trinajstić information content (AvgIpc) is 3.04. The summed E-state index contributed by atoms with van der Waals surface area (Å²) in [5.74, 6) is 0.825. The molecule has 0 atom stereocenters. The zero-order valence-corrected chi connectivity index (χ0v) is 19.3. The Hall–Kier alpha value is -3.41. The van der Waals surface area contributed by atoms with Gasteiger partial charge in [-0.25, -0.2) is 0 Å². The topological polar surface area (TPSA) is 58.4 Å². The number of aromatic nitrogens is 2. The maximum Gasteiger partial charge on any atom is 0.271 e. The minimum absolute atomic E-state index is 0.0722. The Morgan fingerprint density at radius 3 is 2.22 bits per heavy atom. The molecule has 6 heteroatoms. The number of hydrogen-bond donors (Lipinski definition) is 0. The molecule has 166 valence electrons. The van der Waals surface area contributed by atoms with Gasteiger partial charge in [-0.15, -0.1) is 5.10 Å². The molecule has 0 spiro atoms. The number of rotatable bonds is 3. The van der Waals surface area contributed by atoms with Crippen molar-refractivity contribution in [2.24, 2.45) is 0 Å². The van der Waals surface area contributed by atoms with Crippen LogP contribution in [0.2, 0.25) is 0 Å². The van der Waals surface area contributed by atoms with Crippen LogP contribution < -0.4 is 10.5 Å². The number of carbonyl (C=O) groups excluding carboxylic acids is 1. The van der Waals surface area contributed by atoms with Crippen LogP contribution in [-0.2, 0) is 0 Å². The Labute approximate surface area is 189 Å². The molecule has 32 heavy (non-hydrogen) atoms. The Kier molecular flexibility index (Phi) is 6.12. The van der Waals surface area contributed by atoms with Crippen molar-refractivity contribution in [2.45, 2.75) is 34.1 Å². The third kappa shape index (κ3) is 4.44. The van der Waals surface area contributed by atoms with E-state index in [1.807, 2.05) is 62.1 Å². The summed E-state index contributed by atoms with van der Waals surface area (Å²) in [5.41, 5.74) is 5.97. The maximum atomic E-state index is 13.0. The lowest BCUT2D eigenvalue weighted by Gasteiger charge is -2.23. The first-order chi connectivity index (χ1) is 15.3. The van der Waals surface area contributed by atoms with Crippen LogP contribution in [-0.4, -0.2) is 46.8 Å². The molecule has 4 rings (SSSR count). The number of hydrogen-bond acceptors (Lipinski definition) is 4. The van der Waals surface area contributed by atoms with Crippen LogP contribution in [0.25, 0.3) is 5.69 Å². The molecule has 0 bridgehead atoms. The molecule has 0 N–H and O–H groups in total. The fraction of sp³-hybridized carbons (Fsp3) is 0.346. The van der Waals surface area contributed by atoms with Crippen LogP contribution in [0.1, 0.15) is 39.0 Å². The molecule has 3 aromatic rings. The van der Waals surface area contributed by atoms with Crippen LogP contribution in [0, 0.1) is 27.7 Å². The number of nitrogens with zero attached hydrogens (tertiary/aromatic N) is 4. The van der Waals surface area contributed by atoms with Crippen LogP contribution in [0.15, 0.2) is 53.3 Å². The highest BCUT2D eigenvalue weighted by molar-refractivity contribution is 5.94. The summed E-state index contributed by atoms with van der Waals surface area (Å²) in [6, 6.07) is 15.2. The van der Waals surface area contributed by atoms with E-state index in [1.165, 1.54) is 15.8 Å². The third-order valence-corrected chi connectivity index (χ3v) is 6.38. The zero-order valence-electron chi connectivity index (χ0n) is 19.3. The van der Waals surface area contributed by atoms with Gasteiger partial charge in [0.2, 0.25) is 0 Å². The maximum absolute atomic E-state index is 13.0. The largest absolute Gasteiger partial charge is 0.353 e. The van der Waals surface area contributed by atoms with Crippen molar-refractivity contribution in [1.82, 2.24) is 14.7 Å². The monoisotopic (exact) mass is 430 g/mol. The molecule has 0 aliphatic carbocycles. The number of carbonyl (C=O) groups is 1. The zero-order chi connectivity index (χ0) is 22.8. The van der Waals surface area contributed by atoms with Crippen LogP contribution in [0.5, 0.6) is 0 Å². The minimum Gasteiger partial charge on any atom is -0.353 e. The predicted octanol–water partition coefficient (Wildman–Crippen LogP) is 3.82. The molecule has 1 aliphatic rings. The van der Waals surface area contributed by atoms with Gasteiger partial charge in [0, 0.05) is 37.8 Å². The number of amides is 1. The minimum atomic E-state index is -0.154. The van der Waals surface area contributed by atoms with E-state index in [0.717, 1.165) is 41.2 Å². The van der Waals surface area contributed by atoms with E-state index in [-0.39, 0.29) is 11.5 Å². The van der Waals surface area contributed by atoms with Gasteiger partial charge in [0.1, 0.15) is 5.82 Å². The standard InChI is InChI=1S/C26H30N4O2/c1-18-6-8-22(16-20(18)3)26(32)29-13-5-12-28(14-15-29)24-10-11-25(31)30(27-24)23-9-7-19(2)21(4)17-23/h6-11,16-17H,5,12-15H2,1-4H3. The van der Waals surface area contributed by atoms with Crippen molar-refractivity contribution in [1.29, 1.82) is 0 Å². The third-order valence-electron chi connectivity index (χ3n) is 6.38. The lowest BCUT2D eigenvalue weighted by atomic mass is 10.1. The molecular formula is C26H30N4O2. The predicted molar refractivity (Wildman–Crippen MR) is 128 cm³/mol. The van der Waals surface area contributed by atoms with Crippen molar-refractivity contribution in [2.75, 3.05) is 31.1 Å². The summed E-state index contributed by atoms with van der Waals surface area (Å²) < 4.78 is 1.46. The molecular weight excluding hydrogens is 400 g/mol. The van der Waals surface area contributed by atoms with Gasteiger partial charge in [0.05, 0.1) is 5.69 Å². The summed E-state index contributed by atoms with van der Waals surface area (Å²) in [6.07, 6.45) is 0.848. The van der Waals surface area contributed by atoms with Crippen LogP contribution in [0.3, 0.4) is 0 Å². The first kappa shape index (κ1) is 21.8. The van der Waals surface area contributed by atoms with Gasteiger partial charge in [-0.3, -0.25) is 9.59 Å². The Morgan fingerprint density at radius 1 is 0.781 bits per heavy atom. The van der Waals surface area contributed by atoms with Crippen LogP contribution in [0.4, 0.5) is 5.82 Å². The van der Waals surface area contributed by atoms with Gasteiger partial charge in [-0.1, -0.05) is 12.1 Å². The van der Waals surface area contributed by atoms with Crippen molar-refractivity contribution < 1.29 is 4.79 Å². The summed E-state index contributed by atoms with van der Waals surface area (Å²) in [4.78, 5) is 29.6. The molecule has 1 aromatic heterocycles. The summed E-state index contributed by atoms with van der Waals surface area (Å²) in [6.45, 7) is 11.0. The SMILES string of the molecule is Cc1ccc(C(=O)N2CCCN(c3ccc(=O)n(-c4ccc(C)c(C)c4)n3)CC2)cc1C. The molecule has 0 radical (unpaired) electrons. The van der Waals surface area contributed by atoms with E-state index in [4.69, 9.17) is 0 Å². The van der Waals surface area contributed by atoms with Gasteiger partial charge in [0.15, 0.2) is 0 Å². The van der Waals surface area contributed by atoms with Crippen LogP contribution >= 0.6 is 0 Å². The van der Waals surface area contributed by atoms with E-state index in [1.54, 1.807) is 12.1 Å². The fourth-order valence-corrected chi connectivity index (χ4v) is 4.02. The Morgan fingerprint density at radius 2 is 1.50 bits per heavy atom. The normalized spacial score (nSPS) is 14.4. The lowest BCUT2D eigenvalue weighted by Crippen LogP contribution is -2.36. The molecule has 1 aliphatic heterocycles. The molecule has 0 unspecified atom stereocenters. The average molecular weight is 431 g/mol. The summed E-state index contributed by atoms with van der Waals surface area (Å²) in [5, 5.41) is 4.65. The summed E-state index contributed by atoms with van der Waals surface area (Å²) in [7, 11) is 0. The van der Waals surface area contributed by atoms with Crippen molar-refractivity contribution in [3.8, 4) is 5.69 Å². The fourth-order valence-electron chi connectivity index (χ4n) is 4.02. The highest BCUT2D eigenvalue weighted by atomic mass is 16.2. The van der Waals surface area contributed by atoms with Gasteiger partial charge in [-0.2, -0.15) is 4.68 Å². The molecule has 1 fully saturated rings. The highest BCUT2D eigenvalue weighted by Gasteiger charge is 2.22. The van der Waals surface area contributed by atoms with E-state index < -0.39 is 0 Å². The van der Waals surface area contributed by atoms with Gasteiger partial charge in [-0.05, 0) is 86.7 Å². The number of benzene rings is 2. The highest BCUT2D eigenvalue weighted by Crippen LogP contribution is 2.18. The molecule has 1 saturated heterocycles. The quantitative estimate of drug-likeness (QED) is 0.634. The van der Waals surface area contributed by atoms with E-state index in [9.17, 15) is 9.59 Å². The summed E-state index contributed by atoms with van der Waals surface area (Å²) >= 11 is 0. The Balaban J connectivity index is 1.53. The second-order valence-corrected chi connectivity index (χ2v) is 8.64. The first-order valence-corrected chi connectivity index (χ1v) is 11.1. The molecule has 2 aromatic carbocycles. The van der Waals surface area contributed by atoms with Crippen molar-refractivity contribution in [3.63, 3.8) is 0 Å². The number of anilines is 1. The van der Waals surface area contributed by atoms with Crippen molar-refractivity contribution >= 4 is 11.7 Å². The lowest BCUT2D eigenvalue weighted by molar-refractivity contribution is 0.0767. The smallest absolute Gasteiger partial charge is 0.271 e. The Bertz CT molecular complexity index is 1210. The van der Waals surface area contributed by atoms with Gasteiger partial charge >= 0.3 is 0 Å². The second-order valence-electron chi connectivity index (χ2n) is 8.64. The molecule has 6 nitrogen and oxygen atoms in total. The molecule has 1 amide bonds. The van der Waals surface area contributed by atoms with E-state index in [2.05, 4.69) is 16.9 Å². The van der Waals surface area contributed by atoms with E-state index >= 15 is 0 Å². The van der Waals surface area contributed by atoms with Gasteiger partial charge < -0.3 is 9.80 Å². The second kappa shape index (κ2) is 8.99. The molecule has 0 saturated carbocycles. The first-order valence-electron chi connectivity index (χ1n) is 11.1. The van der Waals surface area contributed by atoms with E-state index in [0.29, 0.717) is 19.6 Å². The van der Waals surface area contributed by atoms with Gasteiger partial charge in [0.25, 0.3) is 11.5 Å². The van der Waals surface area contributed by atoms with Crippen molar-refractivity contribution in [3.05, 3.63) is 86.7 Å². The molecule has 2 heterocycles. The number of aryl methyl sites for hydroxylation is 4.